The number of nitrogens with one attached hydrogen (secondary N) is 5. The Morgan fingerprint density at radius 2 is 1.84 bits per heavy atom. The van der Waals surface area contributed by atoms with Crippen LogP contribution in [0.15, 0.2) is 24.3 Å². The van der Waals surface area contributed by atoms with Crippen LogP contribution in [-0.2, 0) is 6.54 Å². The van der Waals surface area contributed by atoms with Crippen LogP contribution >= 0.6 is 12.1 Å². The summed E-state index contributed by atoms with van der Waals surface area (Å²) in [5.41, 5.74) is 2.48. The second kappa shape index (κ2) is 6.29. The molecule has 19 heavy (non-hydrogen) atoms. The molecule has 0 saturated carbocycles. The van der Waals surface area contributed by atoms with Crippen molar-refractivity contribution >= 4 is 28.9 Å². The lowest BCUT2D eigenvalue weighted by Gasteiger charge is -2.12. The Labute approximate surface area is 117 Å². The Hall–Kier alpha value is -1.21. The Morgan fingerprint density at radius 3 is 2.84 bits per heavy atom. The summed E-state index contributed by atoms with van der Waals surface area (Å²) in [4.78, 5) is 3.46. The van der Waals surface area contributed by atoms with Crippen LogP contribution in [0.5, 0.6) is 0 Å². The first-order valence-corrected chi connectivity index (χ1v) is 7.42. The fourth-order valence-corrected chi connectivity index (χ4v) is 2.81. The summed E-state index contributed by atoms with van der Waals surface area (Å²) in [6, 6.07) is 8.42. The number of para-hydroxylation sites is 1. The average molecular weight is 277 g/mol. The Morgan fingerprint density at radius 1 is 0.947 bits per heavy atom. The molecule has 0 amide bonds. The molecule has 0 spiro atoms. The van der Waals surface area contributed by atoms with E-state index in [0.29, 0.717) is 0 Å². The molecule has 2 aromatic rings. The molecule has 1 aromatic carbocycles. The van der Waals surface area contributed by atoms with Gasteiger partial charge >= 0.3 is 0 Å². The minimum absolute atomic E-state index is 0.831. The molecule has 0 saturated heterocycles. The molecule has 5 N–H and O–H groups in total. The maximum atomic E-state index is 3.48. The lowest BCUT2D eigenvalue weighted by atomic mass is 10.1. The number of aromatic nitrogens is 1. The van der Waals surface area contributed by atoms with E-state index in [4.69, 9.17) is 0 Å². The summed E-state index contributed by atoms with van der Waals surface area (Å²) in [5.74, 6) is 1.12. The van der Waals surface area contributed by atoms with Gasteiger partial charge in [-0.1, -0.05) is 18.2 Å². The van der Waals surface area contributed by atoms with Gasteiger partial charge in [0.1, 0.15) is 5.82 Å². The Kier molecular flexibility index (Phi) is 4.24. The van der Waals surface area contributed by atoms with Crippen molar-refractivity contribution in [2.75, 3.05) is 31.5 Å². The van der Waals surface area contributed by atoms with Crippen LogP contribution in [0.3, 0.4) is 0 Å². The van der Waals surface area contributed by atoms with Crippen molar-refractivity contribution in [1.29, 1.82) is 0 Å². The van der Waals surface area contributed by atoms with Gasteiger partial charge in [-0.2, -0.15) is 0 Å². The van der Waals surface area contributed by atoms with Crippen molar-refractivity contribution < 1.29 is 0 Å². The van der Waals surface area contributed by atoms with Gasteiger partial charge < -0.3 is 15.6 Å². The van der Waals surface area contributed by atoms with E-state index in [1.54, 1.807) is 12.1 Å². The molecule has 0 fully saturated rings. The molecule has 3 rings (SSSR count). The van der Waals surface area contributed by atoms with Gasteiger partial charge in [0.05, 0.1) is 0 Å². The zero-order valence-corrected chi connectivity index (χ0v) is 11.6. The first kappa shape index (κ1) is 12.8. The highest BCUT2D eigenvalue weighted by Crippen LogP contribution is 2.26. The van der Waals surface area contributed by atoms with Gasteiger partial charge in [-0.3, -0.25) is 0 Å². The predicted molar refractivity (Wildman–Crippen MR) is 82.1 cm³/mol. The Bertz CT molecular complexity index is 539. The molecule has 1 aliphatic heterocycles. The predicted octanol–water partition coefficient (Wildman–Crippen LogP) is 1.43. The summed E-state index contributed by atoms with van der Waals surface area (Å²) < 4.78 is 6.64. The van der Waals surface area contributed by atoms with Crippen molar-refractivity contribution in [3.63, 3.8) is 0 Å². The minimum Gasteiger partial charge on any atom is -0.370 e. The first-order valence-electron chi connectivity index (χ1n) is 6.61. The maximum absolute atomic E-state index is 3.48. The normalized spacial score (nSPS) is 18.1. The molecule has 0 unspecified atom stereocenters. The van der Waals surface area contributed by atoms with Crippen LogP contribution in [0, 0.1) is 0 Å². The number of fused-ring (bicyclic) bond motifs is 3. The number of benzene rings is 1. The number of anilines is 1. The van der Waals surface area contributed by atoms with Gasteiger partial charge in [-0.25, -0.2) is 9.44 Å². The summed E-state index contributed by atoms with van der Waals surface area (Å²) in [6.07, 6.45) is 0. The summed E-state index contributed by atoms with van der Waals surface area (Å²) in [7, 11) is 0. The average Bonchev–Trinajstić information content (AvgIpc) is 2.77. The molecule has 6 heteroatoms. The third-order valence-electron chi connectivity index (χ3n) is 3.21. The number of aromatic amines is 1. The molecule has 102 valence electrons. The van der Waals surface area contributed by atoms with Crippen molar-refractivity contribution in [3.05, 3.63) is 29.8 Å². The van der Waals surface area contributed by atoms with E-state index in [-0.39, 0.29) is 0 Å². The molecule has 0 aliphatic carbocycles. The zero-order valence-electron chi connectivity index (χ0n) is 10.8. The summed E-state index contributed by atoms with van der Waals surface area (Å²) >= 11 is 1.56. The topological polar surface area (TPSA) is 63.9 Å². The van der Waals surface area contributed by atoms with Crippen LogP contribution < -0.4 is 20.1 Å². The van der Waals surface area contributed by atoms with E-state index in [1.807, 2.05) is 0 Å². The van der Waals surface area contributed by atoms with Gasteiger partial charge in [-0.05, 0) is 6.07 Å². The van der Waals surface area contributed by atoms with Gasteiger partial charge in [-0.15, -0.1) is 0 Å². The van der Waals surface area contributed by atoms with Crippen molar-refractivity contribution in [2.24, 2.45) is 0 Å². The minimum atomic E-state index is 0.831. The molecular weight excluding hydrogens is 258 g/mol. The second-order valence-electron chi connectivity index (χ2n) is 4.52. The molecule has 0 bridgehead atoms. The third kappa shape index (κ3) is 3.03. The highest BCUT2D eigenvalue weighted by molar-refractivity contribution is 7.95. The number of hydrogen-bond donors (Lipinski definition) is 5. The molecule has 0 radical (unpaired) electrons. The molecular formula is C13H19N5S. The fourth-order valence-electron chi connectivity index (χ4n) is 2.29. The van der Waals surface area contributed by atoms with Crippen LogP contribution in [0.2, 0.25) is 0 Å². The molecule has 5 nitrogen and oxygen atoms in total. The number of rotatable bonds is 0. The third-order valence-corrected chi connectivity index (χ3v) is 3.85. The summed E-state index contributed by atoms with van der Waals surface area (Å²) in [5, 5.41) is 8.15. The van der Waals surface area contributed by atoms with Crippen LogP contribution in [-0.4, -0.2) is 31.2 Å². The van der Waals surface area contributed by atoms with Crippen molar-refractivity contribution in [1.82, 2.24) is 19.7 Å². The quantitative estimate of drug-likeness (QED) is 0.472. The molecule has 1 aliphatic rings. The van der Waals surface area contributed by atoms with Gasteiger partial charge in [0.2, 0.25) is 0 Å². The number of hydrogen-bond acceptors (Lipinski definition) is 5. The SMILES string of the molecule is c1ccc2c3c([nH]c2c1)NCCNCCNSNC3. The lowest BCUT2D eigenvalue weighted by Crippen LogP contribution is -2.30. The van der Waals surface area contributed by atoms with Crippen molar-refractivity contribution in [2.45, 2.75) is 6.54 Å². The largest absolute Gasteiger partial charge is 0.370 e. The highest BCUT2D eigenvalue weighted by atomic mass is 32.2. The molecule has 0 atom stereocenters. The molecule has 1 aromatic heterocycles. The highest BCUT2D eigenvalue weighted by Gasteiger charge is 2.10. The summed E-state index contributed by atoms with van der Waals surface area (Å²) in [6.45, 7) is 4.66. The standard InChI is InChI=1S/C13H19N5S/c1-2-4-12-10(3-1)11-9-17-19-16-8-6-14-5-7-15-13(11)18-12/h1-4,14-18H,5-9H2. The van der Waals surface area contributed by atoms with E-state index in [9.17, 15) is 0 Å². The number of H-pyrrole nitrogens is 1. The monoisotopic (exact) mass is 277 g/mol. The maximum Gasteiger partial charge on any atom is 0.108 e. The van der Waals surface area contributed by atoms with Crippen LogP contribution in [0.1, 0.15) is 5.56 Å². The Balaban J connectivity index is 1.87. The van der Waals surface area contributed by atoms with Gasteiger partial charge in [0.25, 0.3) is 0 Å². The van der Waals surface area contributed by atoms with Crippen LogP contribution in [0.25, 0.3) is 10.9 Å². The van der Waals surface area contributed by atoms with E-state index in [0.717, 1.165) is 38.5 Å². The van der Waals surface area contributed by atoms with Gasteiger partial charge in [0, 0.05) is 61.3 Å². The van der Waals surface area contributed by atoms with Crippen molar-refractivity contribution in [3.8, 4) is 0 Å². The second-order valence-corrected chi connectivity index (χ2v) is 5.30. The van der Waals surface area contributed by atoms with Crippen LogP contribution in [0.4, 0.5) is 5.82 Å². The lowest BCUT2D eigenvalue weighted by molar-refractivity contribution is 0.690. The van der Waals surface area contributed by atoms with E-state index in [2.05, 4.69) is 49.3 Å². The van der Waals surface area contributed by atoms with E-state index in [1.165, 1.54) is 16.5 Å². The van der Waals surface area contributed by atoms with E-state index < -0.39 is 0 Å². The molecule has 2 heterocycles. The first-order chi connectivity index (χ1) is 9.45. The smallest absolute Gasteiger partial charge is 0.108 e. The fraction of sp³-hybridized carbons (Fsp3) is 0.385. The van der Waals surface area contributed by atoms with Gasteiger partial charge in [0.15, 0.2) is 0 Å². The van der Waals surface area contributed by atoms with E-state index >= 15 is 0 Å². The zero-order chi connectivity index (χ0) is 12.9.